The number of aliphatic hydroxyl groups excluding tert-OH is 1. The molecular formula is C20H22ClFN10O10P2S2. The Balaban J connectivity index is 1.21. The Bertz CT molecular complexity index is 2010. The van der Waals surface area contributed by atoms with Crippen LogP contribution < -0.4 is 17.0 Å². The largest absolute Gasteiger partial charge is 0.387 e. The van der Waals surface area contributed by atoms with Crippen molar-refractivity contribution in [2.75, 3.05) is 24.7 Å². The number of ether oxygens (including phenoxy) is 2. The van der Waals surface area contributed by atoms with Gasteiger partial charge < -0.3 is 26.0 Å². The van der Waals surface area contributed by atoms with E-state index in [-0.39, 0.29) is 39.4 Å². The Morgan fingerprint density at radius 2 is 1.52 bits per heavy atom. The molecule has 3 saturated heterocycles. The molecule has 4 aromatic heterocycles. The van der Waals surface area contributed by atoms with Crippen LogP contribution in [0.15, 0.2) is 17.4 Å². The molecule has 3 aliphatic rings. The third-order valence-corrected chi connectivity index (χ3v) is 10.7. The van der Waals surface area contributed by atoms with Gasteiger partial charge in [0.05, 0.1) is 25.9 Å². The highest BCUT2D eigenvalue weighted by Gasteiger charge is 2.54. The number of nitrogens with zero attached hydrogens (tertiary/aromatic N) is 7. The minimum atomic E-state index is -4.44. The molecule has 20 nitrogen and oxygen atoms in total. The highest BCUT2D eigenvalue weighted by molar-refractivity contribution is 8.44. The predicted molar refractivity (Wildman–Crippen MR) is 161 cm³/mol. The summed E-state index contributed by atoms with van der Waals surface area (Å²) in [6.45, 7) is -10.2. The van der Waals surface area contributed by atoms with Crippen LogP contribution in [0.4, 0.5) is 16.2 Å². The lowest BCUT2D eigenvalue weighted by Crippen LogP contribution is -2.35. The molecular weight excluding hydrogens is 721 g/mol. The molecule has 6 N–H and O–H groups in total. The summed E-state index contributed by atoms with van der Waals surface area (Å²) in [5, 5.41) is 10.9. The summed E-state index contributed by atoms with van der Waals surface area (Å²) in [4.78, 5) is 34.6. The molecule has 7 heterocycles. The number of halogens is 2. The van der Waals surface area contributed by atoms with Crippen LogP contribution in [0.25, 0.3) is 22.3 Å². The van der Waals surface area contributed by atoms with E-state index in [2.05, 4.69) is 54.4 Å². The van der Waals surface area contributed by atoms with Crippen molar-refractivity contribution in [2.45, 2.75) is 49.1 Å². The van der Waals surface area contributed by atoms with E-state index in [0.717, 1.165) is 6.33 Å². The standard InChI is InChI=1S/C20H22ClFN10O10P2S2/c21-19-27-13(23)8-14(28-19)31(3-25-8)17-7(22)11-6(40-17)2-38-44(36,46)42-12-10(33)5(1-37-43(35,45)41-11)39-18(12)32-4-26-9-15(32)29-20(24)30-16(9)34/h3-7,10-12,17-18,33H,1-2H2,(H,35,45)(H,36,46)(H2,23,27,28)(H3,24,29,30,34)/t5-,6-,7?,10?,11?,12?,17-,18-,43+,44?/m1/s1. The monoisotopic (exact) mass is 742 g/mol. The lowest BCUT2D eigenvalue weighted by molar-refractivity contribution is -0.0568. The maximum absolute atomic E-state index is 16.1. The molecule has 0 spiro atoms. The highest BCUT2D eigenvalue weighted by atomic mass is 35.5. The quantitative estimate of drug-likeness (QED) is 0.0955. The van der Waals surface area contributed by atoms with E-state index in [1.165, 1.54) is 15.5 Å². The van der Waals surface area contributed by atoms with Crippen LogP contribution in [0, 0.1) is 0 Å². The number of aromatic amines is 1. The SMILES string of the molecule is Nc1nc2c(ncn2[C@@H]2O[C@@H]3CO[P@](=O)(S)OC4C(F)[C@H](n5cnc6c(N)nc(Cl)nc65)O[C@@H]4COP(=O)(S)OC2C3O)c(=O)[nH]1. The number of rotatable bonds is 2. The molecule has 0 saturated carbocycles. The van der Waals surface area contributed by atoms with E-state index in [0.29, 0.717) is 0 Å². The number of thiol groups is 2. The number of hydrogen-bond acceptors (Lipinski definition) is 17. The number of nitrogens with one attached hydrogen (secondary N) is 1. The Kier molecular flexibility index (Phi) is 8.13. The fourth-order valence-electron chi connectivity index (χ4n) is 5.30. The lowest BCUT2D eigenvalue weighted by Gasteiger charge is -2.26. The molecule has 26 heteroatoms. The summed E-state index contributed by atoms with van der Waals surface area (Å²) >= 11 is 14.0. The highest BCUT2D eigenvalue weighted by Crippen LogP contribution is 2.60. The minimum absolute atomic E-state index is 0.0207. The van der Waals surface area contributed by atoms with Gasteiger partial charge in [0.15, 0.2) is 41.3 Å². The summed E-state index contributed by atoms with van der Waals surface area (Å²) in [7, 11) is 0. The molecule has 0 aromatic carbocycles. The summed E-state index contributed by atoms with van der Waals surface area (Å²) in [5.41, 5.74) is 10.8. The second kappa shape index (κ2) is 11.6. The first-order valence-corrected chi connectivity index (χ1v) is 18.8. The van der Waals surface area contributed by atoms with Crippen LogP contribution in [0.3, 0.4) is 0 Å². The number of anilines is 2. The molecule has 3 aliphatic heterocycles. The van der Waals surface area contributed by atoms with Gasteiger partial charge in [-0.25, -0.2) is 23.5 Å². The van der Waals surface area contributed by atoms with Crippen LogP contribution in [-0.2, 0) is 36.7 Å². The van der Waals surface area contributed by atoms with Crippen molar-refractivity contribution in [3.63, 3.8) is 0 Å². The summed E-state index contributed by atoms with van der Waals surface area (Å²) in [6, 6.07) is 0. The van der Waals surface area contributed by atoms with Gasteiger partial charge in [-0.05, 0) is 11.6 Å². The Labute approximate surface area is 270 Å². The molecule has 2 bridgehead atoms. The second-order valence-electron chi connectivity index (χ2n) is 10.2. The zero-order chi connectivity index (χ0) is 32.7. The van der Waals surface area contributed by atoms with Gasteiger partial charge in [0.25, 0.3) is 5.56 Å². The van der Waals surface area contributed by atoms with Crippen molar-refractivity contribution in [1.29, 1.82) is 0 Å². The molecule has 4 aromatic rings. The Morgan fingerprint density at radius 3 is 2.24 bits per heavy atom. The molecule has 3 fully saturated rings. The van der Waals surface area contributed by atoms with Gasteiger partial charge in [-0.3, -0.25) is 37.0 Å². The average Bonchev–Trinajstić information content (AvgIpc) is 3.72. The molecule has 10 atom stereocenters. The van der Waals surface area contributed by atoms with Crippen LogP contribution in [-0.4, -0.2) is 94.0 Å². The number of H-pyrrole nitrogens is 1. The molecule has 5 unspecified atom stereocenters. The van der Waals surface area contributed by atoms with E-state index in [1.54, 1.807) is 0 Å². The summed E-state index contributed by atoms with van der Waals surface area (Å²) < 4.78 is 79.1. The second-order valence-corrected chi connectivity index (χ2v) is 16.3. The number of fused-ring (bicyclic) bond motifs is 5. The third kappa shape index (κ3) is 5.71. The Morgan fingerprint density at radius 1 is 0.935 bits per heavy atom. The van der Waals surface area contributed by atoms with E-state index < -0.39 is 81.5 Å². The van der Waals surface area contributed by atoms with Crippen molar-refractivity contribution in [1.82, 2.24) is 39.0 Å². The first-order chi connectivity index (χ1) is 21.7. The topological polar surface area (TPSA) is 269 Å². The van der Waals surface area contributed by atoms with Gasteiger partial charge in [-0.1, -0.05) is 24.5 Å². The lowest BCUT2D eigenvalue weighted by atomic mass is 10.1. The van der Waals surface area contributed by atoms with Crippen LogP contribution in [0.5, 0.6) is 0 Å². The van der Waals surface area contributed by atoms with E-state index in [9.17, 15) is 19.0 Å². The molecule has 0 radical (unpaired) electrons. The minimum Gasteiger partial charge on any atom is -0.387 e. The van der Waals surface area contributed by atoms with E-state index >= 15 is 4.39 Å². The van der Waals surface area contributed by atoms with Crippen molar-refractivity contribution in [3.8, 4) is 0 Å². The fourth-order valence-corrected chi connectivity index (χ4v) is 8.41. The third-order valence-electron chi connectivity index (χ3n) is 7.31. The zero-order valence-electron chi connectivity index (χ0n) is 22.6. The Hall–Kier alpha value is -2.40. The smallest absolute Gasteiger partial charge is 0.386 e. The number of nitrogens with two attached hydrogens (primary N) is 2. The van der Waals surface area contributed by atoms with Gasteiger partial charge in [-0.2, -0.15) is 15.0 Å². The zero-order valence-corrected chi connectivity index (χ0v) is 27.0. The van der Waals surface area contributed by atoms with Gasteiger partial charge in [0.1, 0.15) is 36.0 Å². The maximum atomic E-state index is 16.1. The number of aliphatic hydroxyl groups is 1. The number of aromatic nitrogens is 8. The number of imidazole rings is 2. The molecule has 0 amide bonds. The number of hydrogen-bond donors (Lipinski definition) is 6. The van der Waals surface area contributed by atoms with Gasteiger partial charge in [0.2, 0.25) is 11.2 Å². The van der Waals surface area contributed by atoms with E-state index in [4.69, 9.17) is 50.6 Å². The van der Waals surface area contributed by atoms with Crippen LogP contribution in [0.2, 0.25) is 5.28 Å². The van der Waals surface area contributed by atoms with Gasteiger partial charge in [-0.15, -0.1) is 0 Å². The van der Waals surface area contributed by atoms with Crippen molar-refractivity contribution < 1.29 is 46.2 Å². The normalized spacial score (nSPS) is 37.2. The van der Waals surface area contributed by atoms with Crippen molar-refractivity contribution in [2.24, 2.45) is 0 Å². The molecule has 248 valence electrons. The van der Waals surface area contributed by atoms with Gasteiger partial charge in [0, 0.05) is 0 Å². The summed E-state index contributed by atoms with van der Waals surface area (Å²) in [6.07, 6.45) is -10.2. The summed E-state index contributed by atoms with van der Waals surface area (Å²) in [5.74, 6) is -0.315. The molecule has 0 aliphatic carbocycles. The van der Waals surface area contributed by atoms with Crippen LogP contribution >= 0.6 is 49.7 Å². The first-order valence-electron chi connectivity index (χ1n) is 13.0. The number of nitrogen functional groups attached to an aromatic ring is 2. The maximum Gasteiger partial charge on any atom is 0.386 e. The average molecular weight is 743 g/mol. The fraction of sp³-hybridized carbons (Fsp3) is 0.500. The van der Waals surface area contributed by atoms with Gasteiger partial charge >= 0.3 is 13.6 Å². The van der Waals surface area contributed by atoms with E-state index in [1.807, 2.05) is 0 Å². The van der Waals surface area contributed by atoms with Crippen LogP contribution in [0.1, 0.15) is 12.5 Å². The number of alkyl halides is 1. The molecule has 7 rings (SSSR count). The van der Waals surface area contributed by atoms with Crippen molar-refractivity contribution >= 4 is 83.8 Å². The van der Waals surface area contributed by atoms with Crippen molar-refractivity contribution in [3.05, 3.63) is 28.3 Å². The molecule has 46 heavy (non-hydrogen) atoms. The first kappa shape index (κ1) is 32.2. The predicted octanol–water partition coefficient (Wildman–Crippen LogP) is 1.16.